The van der Waals surface area contributed by atoms with Crippen LogP contribution in [-0.2, 0) is 6.54 Å². The van der Waals surface area contributed by atoms with Crippen molar-refractivity contribution in [3.63, 3.8) is 0 Å². The molecule has 0 aliphatic heterocycles. The maximum absolute atomic E-state index is 11.6. The monoisotopic (exact) mass is 351 g/mol. The van der Waals surface area contributed by atoms with Crippen LogP contribution in [0.25, 0.3) is 21.2 Å². The highest BCUT2D eigenvalue weighted by molar-refractivity contribution is 7.19. The topological polar surface area (TPSA) is 66.8 Å². The summed E-state index contributed by atoms with van der Waals surface area (Å²) in [5.41, 5.74) is 2.03. The summed E-state index contributed by atoms with van der Waals surface area (Å²) in [5, 5.41) is 7.35. The van der Waals surface area contributed by atoms with E-state index in [1.165, 1.54) is 16.4 Å². The quantitative estimate of drug-likeness (QED) is 0.614. The van der Waals surface area contributed by atoms with E-state index in [1.54, 1.807) is 15.9 Å². The summed E-state index contributed by atoms with van der Waals surface area (Å²) in [7, 11) is 3.96. The molecule has 3 aromatic heterocycles. The normalized spacial score (nSPS) is 11.1. The van der Waals surface area contributed by atoms with E-state index in [-0.39, 0.29) is 5.69 Å². The van der Waals surface area contributed by atoms with E-state index in [0.717, 1.165) is 21.8 Å². The third kappa shape index (κ3) is 3.06. The Labute approximate surface area is 148 Å². The fourth-order valence-corrected chi connectivity index (χ4v) is 3.77. The number of aromatic nitrogens is 4. The lowest BCUT2D eigenvalue weighted by atomic mass is 10.1. The number of hydrogen-bond acceptors (Lipinski definition) is 5. The van der Waals surface area contributed by atoms with Crippen LogP contribution in [0, 0.1) is 0 Å². The van der Waals surface area contributed by atoms with E-state index in [9.17, 15) is 4.79 Å². The van der Waals surface area contributed by atoms with Crippen LogP contribution in [0.5, 0.6) is 0 Å². The molecule has 1 N–H and O–H groups in total. The van der Waals surface area contributed by atoms with Gasteiger partial charge in [0.15, 0.2) is 0 Å². The van der Waals surface area contributed by atoms with Gasteiger partial charge < -0.3 is 4.90 Å². The van der Waals surface area contributed by atoms with Crippen molar-refractivity contribution < 1.29 is 0 Å². The summed E-state index contributed by atoms with van der Waals surface area (Å²) in [5.74, 6) is 0.938. The Balaban J connectivity index is 1.66. The first-order valence-corrected chi connectivity index (χ1v) is 8.68. The lowest BCUT2D eigenvalue weighted by Gasteiger charge is -2.11. The predicted molar refractivity (Wildman–Crippen MR) is 101 cm³/mol. The minimum Gasteiger partial charge on any atom is -0.363 e. The molecular formula is C18H17N5OS. The van der Waals surface area contributed by atoms with E-state index in [1.807, 2.05) is 31.3 Å². The van der Waals surface area contributed by atoms with Gasteiger partial charge in [-0.05, 0) is 41.3 Å². The first kappa shape index (κ1) is 15.6. The molecule has 4 aromatic rings. The summed E-state index contributed by atoms with van der Waals surface area (Å²) in [4.78, 5) is 19.2. The number of rotatable bonds is 4. The second-order valence-corrected chi connectivity index (χ2v) is 7.22. The van der Waals surface area contributed by atoms with Gasteiger partial charge in [0, 0.05) is 35.4 Å². The number of fused-ring (bicyclic) bond motifs is 1. The molecule has 7 heteroatoms. The van der Waals surface area contributed by atoms with Crippen LogP contribution in [0.15, 0.2) is 53.7 Å². The Bertz CT molecular complexity index is 1070. The molecule has 3 heterocycles. The predicted octanol–water partition coefficient (Wildman–Crippen LogP) is 2.96. The molecule has 4 rings (SSSR count). The van der Waals surface area contributed by atoms with E-state index in [0.29, 0.717) is 6.54 Å². The average Bonchev–Trinajstić information content (AvgIpc) is 3.20. The second kappa shape index (κ2) is 6.18. The van der Waals surface area contributed by atoms with Gasteiger partial charge in [-0.1, -0.05) is 6.07 Å². The van der Waals surface area contributed by atoms with Gasteiger partial charge in [0.05, 0.1) is 6.54 Å². The van der Waals surface area contributed by atoms with Gasteiger partial charge in [-0.25, -0.2) is 14.9 Å². The molecule has 0 bridgehead atoms. The molecule has 126 valence electrons. The van der Waals surface area contributed by atoms with Crippen LogP contribution >= 0.6 is 11.3 Å². The number of pyridine rings is 1. The third-order valence-corrected chi connectivity index (χ3v) is 5.15. The zero-order valence-corrected chi connectivity index (χ0v) is 14.7. The fraction of sp³-hybridized carbons (Fsp3) is 0.167. The number of anilines is 1. The van der Waals surface area contributed by atoms with Gasteiger partial charge in [0.25, 0.3) is 0 Å². The Morgan fingerprint density at radius 3 is 2.68 bits per heavy atom. The minimum atomic E-state index is -0.190. The average molecular weight is 351 g/mol. The molecule has 0 saturated carbocycles. The third-order valence-electron chi connectivity index (χ3n) is 4.05. The molecule has 6 nitrogen and oxygen atoms in total. The van der Waals surface area contributed by atoms with Crippen molar-refractivity contribution in [2.45, 2.75) is 6.54 Å². The summed E-state index contributed by atoms with van der Waals surface area (Å²) in [6.07, 6.45) is 3.42. The van der Waals surface area contributed by atoms with Crippen LogP contribution in [-0.4, -0.2) is 33.8 Å². The van der Waals surface area contributed by atoms with Crippen LogP contribution < -0.4 is 10.6 Å². The number of H-pyrrole nitrogens is 1. The number of nitrogens with zero attached hydrogens (tertiary/aromatic N) is 4. The van der Waals surface area contributed by atoms with E-state index in [4.69, 9.17) is 0 Å². The molecule has 0 saturated heterocycles. The van der Waals surface area contributed by atoms with Crippen molar-refractivity contribution in [3.05, 3.63) is 64.3 Å². The Hall–Kier alpha value is -2.93. The lowest BCUT2D eigenvalue weighted by molar-refractivity contribution is 0.772. The zero-order valence-electron chi connectivity index (χ0n) is 13.9. The summed E-state index contributed by atoms with van der Waals surface area (Å²) >= 11 is 1.69. The van der Waals surface area contributed by atoms with Gasteiger partial charge in [0.1, 0.15) is 12.1 Å². The van der Waals surface area contributed by atoms with Gasteiger partial charge in [-0.15, -0.1) is 11.3 Å². The Morgan fingerprint density at radius 1 is 1.16 bits per heavy atom. The SMILES string of the molecule is CN(C)c1ccc(-c2ccc3sc(Cn4cn[nH]c4=O)cc3c2)cn1. The standard InChI is InChI=1S/C18H17N5OS/c1-22(2)17-6-4-13(9-19-17)12-3-5-16-14(7-12)8-15(25-16)10-23-11-20-21-18(23)24/h3-9,11H,10H2,1-2H3,(H,21,24). The Kier molecular flexibility index (Phi) is 3.85. The highest BCUT2D eigenvalue weighted by Gasteiger charge is 2.07. The molecule has 1 aromatic carbocycles. The molecule has 25 heavy (non-hydrogen) atoms. The minimum absolute atomic E-state index is 0.190. The van der Waals surface area contributed by atoms with Gasteiger partial charge in [-0.3, -0.25) is 4.57 Å². The first-order valence-electron chi connectivity index (χ1n) is 7.86. The molecule has 0 atom stereocenters. The van der Waals surface area contributed by atoms with Crippen molar-refractivity contribution in [2.24, 2.45) is 0 Å². The molecule has 0 aliphatic rings. The van der Waals surface area contributed by atoms with Crippen molar-refractivity contribution in [3.8, 4) is 11.1 Å². The van der Waals surface area contributed by atoms with Crippen LogP contribution in [0.3, 0.4) is 0 Å². The molecule has 0 aliphatic carbocycles. The van der Waals surface area contributed by atoms with Gasteiger partial charge >= 0.3 is 5.69 Å². The number of benzene rings is 1. The van der Waals surface area contributed by atoms with Crippen molar-refractivity contribution >= 4 is 27.2 Å². The van der Waals surface area contributed by atoms with Gasteiger partial charge in [0.2, 0.25) is 0 Å². The maximum atomic E-state index is 11.6. The smallest absolute Gasteiger partial charge is 0.343 e. The number of nitrogens with one attached hydrogen (secondary N) is 1. The van der Waals surface area contributed by atoms with Crippen LogP contribution in [0.1, 0.15) is 4.88 Å². The summed E-state index contributed by atoms with van der Waals surface area (Å²) < 4.78 is 2.77. The van der Waals surface area contributed by atoms with E-state index >= 15 is 0 Å². The molecule has 0 amide bonds. The van der Waals surface area contributed by atoms with Crippen molar-refractivity contribution in [1.82, 2.24) is 19.7 Å². The lowest BCUT2D eigenvalue weighted by Crippen LogP contribution is -2.16. The molecule has 0 fully saturated rings. The zero-order chi connectivity index (χ0) is 17.4. The van der Waals surface area contributed by atoms with Crippen LogP contribution in [0.2, 0.25) is 0 Å². The molecular weight excluding hydrogens is 334 g/mol. The van der Waals surface area contributed by atoms with Crippen LogP contribution in [0.4, 0.5) is 5.82 Å². The number of hydrogen-bond donors (Lipinski definition) is 1. The summed E-state index contributed by atoms with van der Waals surface area (Å²) in [6, 6.07) is 12.6. The fourth-order valence-electron chi connectivity index (χ4n) is 2.73. The second-order valence-electron chi connectivity index (χ2n) is 6.05. The maximum Gasteiger partial charge on any atom is 0.343 e. The van der Waals surface area contributed by atoms with Crippen molar-refractivity contribution in [1.29, 1.82) is 0 Å². The highest BCUT2D eigenvalue weighted by atomic mass is 32.1. The largest absolute Gasteiger partial charge is 0.363 e. The summed E-state index contributed by atoms with van der Waals surface area (Å²) in [6.45, 7) is 0.531. The Morgan fingerprint density at radius 2 is 2.00 bits per heavy atom. The van der Waals surface area contributed by atoms with E-state index in [2.05, 4.69) is 45.5 Å². The van der Waals surface area contributed by atoms with Crippen molar-refractivity contribution in [2.75, 3.05) is 19.0 Å². The molecule has 0 radical (unpaired) electrons. The first-order chi connectivity index (χ1) is 12.1. The highest BCUT2D eigenvalue weighted by Crippen LogP contribution is 2.30. The van der Waals surface area contributed by atoms with Gasteiger partial charge in [-0.2, -0.15) is 5.10 Å². The van der Waals surface area contributed by atoms with E-state index < -0.39 is 0 Å². The number of thiophene rings is 1. The number of aromatic amines is 1. The molecule has 0 unspecified atom stereocenters. The molecule has 0 spiro atoms.